The molecular weight excluding hydrogens is 301 g/mol. The van der Waals surface area contributed by atoms with Crippen molar-refractivity contribution in [2.24, 2.45) is 0 Å². The second-order valence-electron chi connectivity index (χ2n) is 3.70. The summed E-state index contributed by atoms with van der Waals surface area (Å²) in [5, 5.41) is 2.41. The standard InChI is InChI=1S/C14H12ClFNO2S/c1-4-10(7-9(2)20(3)19)14(18)17-11-5-6-13(16)12(15)8-11/h4-8H,1-3H2,(H,17,18)/q-1/b10-7+. The Bertz CT molecular complexity index is 670. The van der Waals surface area contributed by atoms with E-state index in [-0.39, 0.29) is 15.5 Å². The lowest BCUT2D eigenvalue weighted by atomic mass is 10.2. The Morgan fingerprint density at radius 3 is 2.60 bits per heavy atom. The zero-order valence-corrected chi connectivity index (χ0v) is 12.1. The molecule has 0 saturated carbocycles. The molecule has 0 aromatic heterocycles. The molecule has 0 bridgehead atoms. The first kappa shape index (κ1) is 16.2. The third-order valence-corrected chi connectivity index (χ3v) is 3.26. The molecule has 0 radical (unpaired) electrons. The summed E-state index contributed by atoms with van der Waals surface area (Å²) < 4.78 is 24.1. The second kappa shape index (κ2) is 7.07. The zero-order valence-electron chi connectivity index (χ0n) is 10.5. The fourth-order valence-electron chi connectivity index (χ4n) is 1.23. The van der Waals surface area contributed by atoms with Crippen LogP contribution in [0.2, 0.25) is 5.02 Å². The smallest absolute Gasteiger partial charge is 0.255 e. The number of carbonyl (C=O) groups is 1. The maximum absolute atomic E-state index is 13.0. The molecule has 3 nitrogen and oxygen atoms in total. The van der Waals surface area contributed by atoms with Gasteiger partial charge in [-0.2, -0.15) is 5.87 Å². The van der Waals surface area contributed by atoms with Crippen molar-refractivity contribution in [3.05, 3.63) is 64.8 Å². The summed E-state index contributed by atoms with van der Waals surface area (Å²) in [6, 6.07) is 3.79. The van der Waals surface area contributed by atoms with E-state index in [9.17, 15) is 13.4 Å². The summed E-state index contributed by atoms with van der Waals surface area (Å²) >= 11 is 5.61. The lowest BCUT2D eigenvalue weighted by Crippen LogP contribution is -2.13. The van der Waals surface area contributed by atoms with Crippen molar-refractivity contribution >= 4 is 39.5 Å². The summed E-state index contributed by atoms with van der Waals surface area (Å²) in [6.45, 7) is 7.01. The third-order valence-electron chi connectivity index (χ3n) is 2.27. The first-order valence-corrected chi connectivity index (χ1v) is 7.05. The van der Waals surface area contributed by atoms with Crippen molar-refractivity contribution in [1.82, 2.24) is 0 Å². The molecule has 1 N–H and O–H groups in total. The summed E-state index contributed by atoms with van der Waals surface area (Å²) in [4.78, 5) is 12.1. The van der Waals surface area contributed by atoms with E-state index in [4.69, 9.17) is 11.6 Å². The van der Waals surface area contributed by atoms with Crippen LogP contribution >= 0.6 is 11.6 Å². The average Bonchev–Trinajstić information content (AvgIpc) is 2.39. The lowest BCUT2D eigenvalue weighted by Gasteiger charge is -2.08. The average molecular weight is 313 g/mol. The van der Waals surface area contributed by atoms with E-state index in [1.54, 1.807) is 0 Å². The Morgan fingerprint density at radius 2 is 2.10 bits per heavy atom. The van der Waals surface area contributed by atoms with Crippen molar-refractivity contribution < 1.29 is 13.4 Å². The van der Waals surface area contributed by atoms with Crippen molar-refractivity contribution in [1.29, 1.82) is 0 Å². The van der Waals surface area contributed by atoms with Crippen LogP contribution in [-0.4, -0.2) is 11.8 Å². The first-order valence-electron chi connectivity index (χ1n) is 5.36. The normalized spacial score (nSPS) is 11.2. The fourth-order valence-corrected chi connectivity index (χ4v) is 1.67. The van der Waals surface area contributed by atoms with E-state index < -0.39 is 22.1 Å². The first-order chi connectivity index (χ1) is 9.35. The molecule has 0 aliphatic heterocycles. The molecule has 0 aliphatic carbocycles. The Labute approximate surface area is 123 Å². The van der Waals surface area contributed by atoms with Gasteiger partial charge in [0.05, 0.1) is 5.02 Å². The Kier molecular flexibility index (Phi) is 5.73. The molecule has 0 saturated heterocycles. The zero-order chi connectivity index (χ0) is 15.3. The number of amides is 1. The molecule has 0 aliphatic rings. The van der Waals surface area contributed by atoms with Crippen LogP contribution in [0.1, 0.15) is 0 Å². The molecule has 0 heterocycles. The van der Waals surface area contributed by atoms with E-state index in [1.165, 1.54) is 24.3 Å². The predicted molar refractivity (Wildman–Crippen MR) is 82.6 cm³/mol. The number of halogens is 2. The van der Waals surface area contributed by atoms with E-state index in [0.717, 1.165) is 6.07 Å². The highest BCUT2D eigenvalue weighted by Gasteiger charge is 2.07. The maximum atomic E-state index is 13.0. The molecule has 0 unspecified atom stereocenters. The van der Waals surface area contributed by atoms with Crippen LogP contribution in [0.15, 0.2) is 54.0 Å². The van der Waals surface area contributed by atoms with Gasteiger partial charge in [0, 0.05) is 11.3 Å². The Morgan fingerprint density at radius 1 is 1.45 bits per heavy atom. The number of benzene rings is 1. The van der Waals surface area contributed by atoms with Gasteiger partial charge in [-0.25, -0.2) is 4.39 Å². The Hall–Kier alpha value is -1.85. The second-order valence-corrected chi connectivity index (χ2v) is 5.32. The predicted octanol–water partition coefficient (Wildman–Crippen LogP) is 3.44. The number of rotatable bonds is 5. The van der Waals surface area contributed by atoms with Crippen molar-refractivity contribution in [2.75, 3.05) is 5.32 Å². The minimum absolute atomic E-state index is 0.102. The van der Waals surface area contributed by atoms with Crippen LogP contribution in [0.5, 0.6) is 0 Å². The number of nitrogens with one attached hydrogen (secondary N) is 1. The van der Waals surface area contributed by atoms with E-state index >= 15 is 0 Å². The molecule has 0 fully saturated rings. The Balaban J connectivity index is 2.95. The van der Waals surface area contributed by atoms with Crippen molar-refractivity contribution in [3.8, 4) is 0 Å². The van der Waals surface area contributed by atoms with Gasteiger partial charge in [-0.05, 0) is 18.2 Å². The van der Waals surface area contributed by atoms with Gasteiger partial charge in [-0.15, -0.1) is 11.5 Å². The molecule has 106 valence electrons. The van der Waals surface area contributed by atoms with Crippen molar-refractivity contribution in [3.63, 3.8) is 0 Å². The molecule has 20 heavy (non-hydrogen) atoms. The molecule has 1 rings (SSSR count). The van der Waals surface area contributed by atoms with E-state index in [2.05, 4.69) is 24.3 Å². The monoisotopic (exact) mass is 312 g/mol. The van der Waals surface area contributed by atoms with Gasteiger partial charge in [0.2, 0.25) is 0 Å². The molecular formula is C14H12ClFNO2S-. The highest BCUT2D eigenvalue weighted by Crippen LogP contribution is 2.20. The lowest BCUT2D eigenvalue weighted by molar-refractivity contribution is -0.112. The van der Waals surface area contributed by atoms with Crippen LogP contribution in [0.25, 0.3) is 0 Å². The van der Waals surface area contributed by atoms with Gasteiger partial charge in [0.15, 0.2) is 0 Å². The largest absolute Gasteiger partial charge is 0.457 e. The molecule has 6 heteroatoms. The summed E-state index contributed by atoms with van der Waals surface area (Å²) in [6.07, 6.45) is 2.61. The number of carbonyl (C=O) groups excluding carboxylic acids is 1. The topological polar surface area (TPSA) is 46.2 Å². The SMILES string of the molecule is C=C/C(=C\C(=C)[S-](=C)=O)C(=O)Nc1ccc(F)c(Cl)c1. The third kappa shape index (κ3) is 4.36. The quantitative estimate of drug-likeness (QED) is 0.392. The van der Waals surface area contributed by atoms with Crippen LogP contribution in [0.4, 0.5) is 10.1 Å². The summed E-state index contributed by atoms with van der Waals surface area (Å²) in [5.41, 5.74) is 0.489. The number of allylic oxidation sites excluding steroid dienone is 1. The van der Waals surface area contributed by atoms with Crippen LogP contribution in [0.3, 0.4) is 0 Å². The molecule has 1 aromatic carbocycles. The number of hydrogen-bond acceptors (Lipinski definition) is 3. The van der Waals surface area contributed by atoms with Crippen LogP contribution < -0.4 is 5.32 Å². The number of hydrogen-bond donors (Lipinski definition) is 1. The van der Waals surface area contributed by atoms with E-state index in [0.29, 0.717) is 5.69 Å². The van der Waals surface area contributed by atoms with Crippen LogP contribution in [-0.2, 0) is 19.4 Å². The summed E-state index contributed by atoms with van der Waals surface area (Å²) in [5.74, 6) is 2.21. The molecule has 1 aromatic rings. The minimum atomic E-state index is -1.52. The van der Waals surface area contributed by atoms with E-state index in [1.807, 2.05) is 0 Å². The molecule has 1 amide bonds. The van der Waals surface area contributed by atoms with Gasteiger partial charge in [0.25, 0.3) is 5.91 Å². The van der Waals surface area contributed by atoms with Gasteiger partial charge in [-0.1, -0.05) is 30.3 Å². The van der Waals surface area contributed by atoms with Crippen LogP contribution in [0, 0.1) is 5.82 Å². The van der Waals surface area contributed by atoms with Gasteiger partial charge in [0.1, 0.15) is 5.82 Å². The van der Waals surface area contributed by atoms with Gasteiger partial charge >= 0.3 is 0 Å². The molecule has 0 spiro atoms. The highest BCUT2D eigenvalue weighted by molar-refractivity contribution is 7.86. The fraction of sp³-hybridized carbons (Fsp3) is 0. The maximum Gasteiger partial charge on any atom is 0.255 e. The van der Waals surface area contributed by atoms with Gasteiger partial charge in [-0.3, -0.25) is 15.2 Å². The molecule has 0 atom stereocenters. The van der Waals surface area contributed by atoms with Crippen molar-refractivity contribution in [2.45, 2.75) is 0 Å². The summed E-state index contributed by atoms with van der Waals surface area (Å²) in [7, 11) is -1.52. The minimum Gasteiger partial charge on any atom is -0.457 e. The number of anilines is 1. The van der Waals surface area contributed by atoms with Gasteiger partial charge < -0.3 is 9.53 Å². The highest BCUT2D eigenvalue weighted by atomic mass is 35.5.